The zero-order valence-electron chi connectivity index (χ0n) is 16.7. The normalized spacial score (nSPS) is 15.8. The topological polar surface area (TPSA) is 89.0 Å². The molecule has 1 heterocycles. The van der Waals surface area contributed by atoms with E-state index in [1.165, 1.54) is 38.1 Å². The van der Waals surface area contributed by atoms with Crippen LogP contribution in [0.5, 0.6) is 0 Å². The maximum atomic E-state index is 13.0. The average molecular weight is 414 g/mol. The highest BCUT2D eigenvalue weighted by molar-refractivity contribution is 7.90. The molecular formula is C22H27N3O3S. The van der Waals surface area contributed by atoms with Gasteiger partial charge in [-0.05, 0) is 42.5 Å². The molecule has 1 aromatic heterocycles. The highest BCUT2D eigenvalue weighted by Gasteiger charge is 2.24. The van der Waals surface area contributed by atoms with Gasteiger partial charge >= 0.3 is 0 Å². The third kappa shape index (κ3) is 5.73. The second-order valence-corrected chi connectivity index (χ2v) is 9.66. The van der Waals surface area contributed by atoms with Crippen LogP contribution in [0.1, 0.15) is 55.7 Å². The van der Waals surface area contributed by atoms with Crippen LogP contribution in [0.3, 0.4) is 0 Å². The monoisotopic (exact) mass is 413 g/mol. The number of nitrogens with one attached hydrogen (secondary N) is 1. The van der Waals surface area contributed by atoms with E-state index in [4.69, 9.17) is 0 Å². The summed E-state index contributed by atoms with van der Waals surface area (Å²) < 4.78 is 23.5. The van der Waals surface area contributed by atoms with E-state index in [2.05, 4.69) is 21.9 Å². The van der Waals surface area contributed by atoms with E-state index < -0.39 is 9.84 Å². The second-order valence-electron chi connectivity index (χ2n) is 7.64. The predicted octanol–water partition coefficient (Wildman–Crippen LogP) is 4.22. The van der Waals surface area contributed by atoms with Gasteiger partial charge < -0.3 is 5.32 Å². The largest absolute Gasteiger partial charge is 0.309 e. The van der Waals surface area contributed by atoms with Crippen LogP contribution in [0.15, 0.2) is 48.1 Å². The number of rotatable bonds is 8. The van der Waals surface area contributed by atoms with Gasteiger partial charge in [0.1, 0.15) is 0 Å². The van der Waals surface area contributed by atoms with Crippen molar-refractivity contribution in [1.82, 2.24) is 9.97 Å². The quantitative estimate of drug-likeness (QED) is 0.700. The van der Waals surface area contributed by atoms with E-state index in [0.717, 1.165) is 12.0 Å². The van der Waals surface area contributed by atoms with E-state index in [1.807, 2.05) is 0 Å². The van der Waals surface area contributed by atoms with E-state index in [1.54, 1.807) is 36.5 Å². The summed E-state index contributed by atoms with van der Waals surface area (Å²) in [5, 5.41) is 2.85. The van der Waals surface area contributed by atoms with Crippen molar-refractivity contribution in [2.24, 2.45) is 5.92 Å². The van der Waals surface area contributed by atoms with Crippen molar-refractivity contribution in [3.05, 3.63) is 54.5 Å². The van der Waals surface area contributed by atoms with Crippen molar-refractivity contribution < 1.29 is 13.2 Å². The van der Waals surface area contributed by atoms with Gasteiger partial charge in [-0.1, -0.05) is 44.4 Å². The molecule has 154 valence electrons. The van der Waals surface area contributed by atoms with Crippen molar-refractivity contribution >= 4 is 27.6 Å². The van der Waals surface area contributed by atoms with Crippen molar-refractivity contribution in [3.8, 4) is 0 Å². The number of benzene rings is 1. The van der Waals surface area contributed by atoms with Gasteiger partial charge in [0.25, 0.3) is 0 Å². The number of hydrogen-bond acceptors (Lipinski definition) is 5. The molecule has 3 rings (SSSR count). The van der Waals surface area contributed by atoms with E-state index in [-0.39, 0.29) is 16.7 Å². The molecule has 0 spiro atoms. The Labute approximate surface area is 172 Å². The zero-order chi connectivity index (χ0) is 20.9. The highest BCUT2D eigenvalue weighted by atomic mass is 32.2. The summed E-state index contributed by atoms with van der Waals surface area (Å²) in [6, 6.07) is 6.61. The lowest BCUT2D eigenvalue weighted by molar-refractivity contribution is -0.117. The fraction of sp³-hybridized carbons (Fsp3) is 0.409. The Morgan fingerprint density at radius 1 is 1.21 bits per heavy atom. The summed E-state index contributed by atoms with van der Waals surface area (Å²) in [5.41, 5.74) is 1.45. The summed E-state index contributed by atoms with van der Waals surface area (Å²) in [7, 11) is -3.27. The van der Waals surface area contributed by atoms with Crippen LogP contribution in [0, 0.1) is 5.92 Å². The first kappa shape index (κ1) is 21.2. The Morgan fingerprint density at radius 2 is 1.90 bits per heavy atom. The SMILES string of the molecule is C=Cc1cnc(NC(=O)[C@H](CCC2CCCC2)c2ccc(S(C)(=O)=O)cc2)cn1. The Bertz CT molecular complexity index is 948. The van der Waals surface area contributed by atoms with Crippen LogP contribution in [0.25, 0.3) is 6.08 Å². The van der Waals surface area contributed by atoms with Gasteiger partial charge in [-0.2, -0.15) is 0 Å². The minimum absolute atomic E-state index is 0.157. The number of anilines is 1. The number of carbonyl (C=O) groups is 1. The summed E-state index contributed by atoms with van der Waals surface area (Å²) in [4.78, 5) is 21.7. The van der Waals surface area contributed by atoms with Crippen LogP contribution >= 0.6 is 0 Å². The lowest BCUT2D eigenvalue weighted by Gasteiger charge is -2.19. The van der Waals surface area contributed by atoms with Gasteiger partial charge in [0.15, 0.2) is 15.7 Å². The molecule has 0 bridgehead atoms. The lowest BCUT2D eigenvalue weighted by Crippen LogP contribution is -2.22. The number of sulfone groups is 1. The summed E-state index contributed by atoms with van der Waals surface area (Å²) in [5.74, 6) is 0.521. The second kappa shape index (κ2) is 9.31. The van der Waals surface area contributed by atoms with Gasteiger partial charge in [-0.3, -0.25) is 9.78 Å². The number of hydrogen-bond donors (Lipinski definition) is 1. The molecule has 1 aromatic carbocycles. The van der Waals surface area contributed by atoms with Crippen LogP contribution in [0.4, 0.5) is 5.82 Å². The van der Waals surface area contributed by atoms with Gasteiger partial charge in [-0.15, -0.1) is 0 Å². The van der Waals surface area contributed by atoms with Crippen LogP contribution in [-0.4, -0.2) is 30.5 Å². The average Bonchev–Trinajstić information content (AvgIpc) is 3.22. The first-order valence-corrected chi connectivity index (χ1v) is 11.8. The van der Waals surface area contributed by atoms with Gasteiger partial charge in [0, 0.05) is 6.26 Å². The molecule has 1 atom stereocenters. The minimum Gasteiger partial charge on any atom is -0.309 e. The fourth-order valence-corrected chi connectivity index (χ4v) is 4.45. The van der Waals surface area contributed by atoms with Crippen LogP contribution in [-0.2, 0) is 14.6 Å². The smallest absolute Gasteiger partial charge is 0.233 e. The molecule has 1 fully saturated rings. The molecule has 6 nitrogen and oxygen atoms in total. The zero-order valence-corrected chi connectivity index (χ0v) is 17.5. The molecule has 1 aliphatic carbocycles. The number of amides is 1. The van der Waals surface area contributed by atoms with Crippen molar-refractivity contribution in [2.75, 3.05) is 11.6 Å². The highest BCUT2D eigenvalue weighted by Crippen LogP contribution is 2.33. The summed E-state index contributed by atoms with van der Waals surface area (Å²) >= 11 is 0. The van der Waals surface area contributed by atoms with Crippen LogP contribution < -0.4 is 5.32 Å². The van der Waals surface area contributed by atoms with E-state index in [9.17, 15) is 13.2 Å². The summed E-state index contributed by atoms with van der Waals surface area (Å²) in [6.07, 6.45) is 12.5. The third-order valence-corrected chi connectivity index (χ3v) is 6.63. The van der Waals surface area contributed by atoms with E-state index >= 15 is 0 Å². The molecule has 2 aromatic rings. The maximum absolute atomic E-state index is 13.0. The number of aromatic nitrogens is 2. The molecular weight excluding hydrogens is 386 g/mol. The molecule has 1 aliphatic rings. The number of nitrogens with zero attached hydrogens (tertiary/aromatic N) is 2. The van der Waals surface area contributed by atoms with Gasteiger partial charge in [0.2, 0.25) is 5.91 Å². The van der Waals surface area contributed by atoms with Crippen molar-refractivity contribution in [1.29, 1.82) is 0 Å². The van der Waals surface area contributed by atoms with Gasteiger partial charge in [0.05, 0.1) is 28.9 Å². The standard InChI is InChI=1S/C22H27N3O3S/c1-3-18-14-24-21(15-23-18)25-22(26)20(13-8-16-6-4-5-7-16)17-9-11-19(12-10-17)29(2,27)28/h3,9-12,14-16,20H,1,4-8,13H2,2H3,(H,24,25,26)/t20-/m1/s1. The fourth-order valence-electron chi connectivity index (χ4n) is 3.82. The first-order valence-electron chi connectivity index (χ1n) is 9.92. The maximum Gasteiger partial charge on any atom is 0.233 e. The molecule has 0 saturated heterocycles. The first-order chi connectivity index (χ1) is 13.9. The molecule has 0 unspecified atom stereocenters. The third-order valence-electron chi connectivity index (χ3n) is 5.50. The summed E-state index contributed by atoms with van der Waals surface area (Å²) in [6.45, 7) is 3.64. The predicted molar refractivity (Wildman–Crippen MR) is 114 cm³/mol. The molecule has 0 aliphatic heterocycles. The molecule has 1 saturated carbocycles. The minimum atomic E-state index is -3.27. The number of carbonyl (C=O) groups excluding carboxylic acids is 1. The molecule has 7 heteroatoms. The lowest BCUT2D eigenvalue weighted by atomic mass is 9.89. The van der Waals surface area contributed by atoms with E-state index in [0.29, 0.717) is 23.9 Å². The Morgan fingerprint density at radius 3 is 2.45 bits per heavy atom. The Balaban J connectivity index is 1.78. The van der Waals surface area contributed by atoms with Crippen molar-refractivity contribution in [3.63, 3.8) is 0 Å². The Kier molecular flexibility index (Phi) is 6.79. The molecule has 29 heavy (non-hydrogen) atoms. The van der Waals surface area contributed by atoms with Crippen LogP contribution in [0.2, 0.25) is 0 Å². The molecule has 1 amide bonds. The molecule has 0 radical (unpaired) electrons. The van der Waals surface area contributed by atoms with Crippen molar-refractivity contribution in [2.45, 2.75) is 49.3 Å². The molecule has 1 N–H and O–H groups in total. The van der Waals surface area contributed by atoms with Gasteiger partial charge in [-0.25, -0.2) is 13.4 Å². The Hall–Kier alpha value is -2.54.